The van der Waals surface area contributed by atoms with Crippen molar-refractivity contribution < 1.29 is 14.8 Å². The number of hydrogen-bond acceptors (Lipinski definition) is 4. The molecule has 2 unspecified atom stereocenters. The Kier molecular flexibility index (Phi) is 4.80. The Labute approximate surface area is 127 Å². The number of benzene rings is 1. The van der Waals surface area contributed by atoms with Crippen molar-refractivity contribution in [1.29, 1.82) is 0 Å². The normalized spacial score (nSPS) is 21.9. The van der Waals surface area contributed by atoms with Gasteiger partial charge >= 0.3 is 0 Å². The Balaban J connectivity index is 2.27. The van der Waals surface area contributed by atoms with Gasteiger partial charge in [-0.05, 0) is 18.9 Å². The summed E-state index contributed by atoms with van der Waals surface area (Å²) in [6.45, 7) is 0. The van der Waals surface area contributed by atoms with Crippen LogP contribution in [0.25, 0.3) is 0 Å². The lowest BCUT2D eigenvalue weighted by Gasteiger charge is -2.35. The van der Waals surface area contributed by atoms with E-state index in [1.807, 2.05) is 0 Å². The maximum atomic E-state index is 12.5. The van der Waals surface area contributed by atoms with Gasteiger partial charge in [-0.2, -0.15) is 0 Å². The minimum Gasteiger partial charge on any atom is -0.391 e. The lowest BCUT2D eigenvalue weighted by atomic mass is 9.91. The fourth-order valence-corrected chi connectivity index (χ4v) is 2.99. The van der Waals surface area contributed by atoms with Crippen LogP contribution in [0.2, 0.25) is 5.02 Å². The first-order valence-corrected chi connectivity index (χ1v) is 7.19. The van der Waals surface area contributed by atoms with Gasteiger partial charge in [0.1, 0.15) is 5.02 Å². The van der Waals surface area contributed by atoms with Gasteiger partial charge in [-0.25, -0.2) is 0 Å². The summed E-state index contributed by atoms with van der Waals surface area (Å²) >= 11 is 5.97. The molecule has 0 heterocycles. The van der Waals surface area contributed by atoms with Crippen LogP contribution >= 0.6 is 11.6 Å². The van der Waals surface area contributed by atoms with Gasteiger partial charge in [0.25, 0.3) is 11.6 Å². The summed E-state index contributed by atoms with van der Waals surface area (Å²) in [5.41, 5.74) is -0.203. The number of likely N-dealkylation sites (N-methyl/N-ethyl adjacent to an activating group) is 1. The molecule has 1 saturated carbocycles. The second kappa shape index (κ2) is 6.41. The first-order chi connectivity index (χ1) is 9.93. The number of hydrogen-bond donors (Lipinski definition) is 1. The molecule has 1 aliphatic carbocycles. The standard InChI is InChI=1S/C14H17ClN2O4/c1-16(10-6-2-3-8-12(10)18)14(19)9-5-4-7-11(13(9)15)17(20)21/h4-5,7,10,12,18H,2-3,6,8H2,1H3. The van der Waals surface area contributed by atoms with Gasteiger partial charge in [-0.3, -0.25) is 14.9 Å². The predicted molar refractivity (Wildman–Crippen MR) is 78.5 cm³/mol. The third-order valence-electron chi connectivity index (χ3n) is 3.92. The van der Waals surface area contributed by atoms with Crippen molar-refractivity contribution >= 4 is 23.2 Å². The number of nitro benzene ring substituents is 1. The number of halogens is 1. The Bertz CT molecular complexity index is 564. The zero-order valence-corrected chi connectivity index (χ0v) is 12.4. The zero-order valence-electron chi connectivity index (χ0n) is 11.7. The Morgan fingerprint density at radius 1 is 1.43 bits per heavy atom. The minimum atomic E-state index is -0.616. The van der Waals surface area contributed by atoms with Gasteiger partial charge in [0.2, 0.25) is 0 Å². The van der Waals surface area contributed by atoms with Crippen molar-refractivity contribution in [2.75, 3.05) is 7.05 Å². The van der Waals surface area contributed by atoms with Gasteiger partial charge < -0.3 is 10.0 Å². The topological polar surface area (TPSA) is 83.7 Å². The molecule has 1 amide bonds. The van der Waals surface area contributed by atoms with E-state index in [4.69, 9.17) is 11.6 Å². The van der Waals surface area contributed by atoms with Crippen molar-refractivity contribution in [1.82, 2.24) is 4.90 Å². The van der Waals surface area contributed by atoms with Gasteiger partial charge in [0.15, 0.2) is 0 Å². The molecule has 0 radical (unpaired) electrons. The van der Waals surface area contributed by atoms with Crippen LogP contribution in [0.5, 0.6) is 0 Å². The van der Waals surface area contributed by atoms with Crippen LogP contribution in [0.1, 0.15) is 36.0 Å². The highest BCUT2D eigenvalue weighted by Gasteiger charge is 2.31. The number of carbonyl (C=O) groups is 1. The molecule has 7 heteroatoms. The highest BCUT2D eigenvalue weighted by molar-refractivity contribution is 6.35. The smallest absolute Gasteiger partial charge is 0.288 e. The van der Waals surface area contributed by atoms with E-state index >= 15 is 0 Å². The van der Waals surface area contributed by atoms with E-state index in [9.17, 15) is 20.0 Å². The highest BCUT2D eigenvalue weighted by atomic mass is 35.5. The molecule has 1 aromatic rings. The second-order valence-electron chi connectivity index (χ2n) is 5.23. The summed E-state index contributed by atoms with van der Waals surface area (Å²) in [6.07, 6.45) is 2.70. The number of nitrogens with zero attached hydrogens (tertiary/aromatic N) is 2. The molecule has 0 aliphatic heterocycles. The summed E-state index contributed by atoms with van der Waals surface area (Å²) in [5.74, 6) is -0.408. The number of nitro groups is 1. The number of aliphatic hydroxyl groups excluding tert-OH is 1. The first kappa shape index (κ1) is 15.7. The monoisotopic (exact) mass is 312 g/mol. The molecule has 2 atom stereocenters. The summed E-state index contributed by atoms with van der Waals surface area (Å²) < 4.78 is 0. The molecule has 1 aliphatic rings. The Morgan fingerprint density at radius 2 is 2.10 bits per heavy atom. The van der Waals surface area contributed by atoms with Gasteiger partial charge in [-0.15, -0.1) is 0 Å². The lowest BCUT2D eigenvalue weighted by Crippen LogP contribution is -2.46. The maximum Gasteiger partial charge on any atom is 0.288 e. The van der Waals surface area contributed by atoms with Crippen molar-refractivity contribution in [3.8, 4) is 0 Å². The molecule has 0 spiro atoms. The Morgan fingerprint density at radius 3 is 2.71 bits per heavy atom. The quantitative estimate of drug-likeness (QED) is 0.687. The second-order valence-corrected chi connectivity index (χ2v) is 5.61. The number of carbonyl (C=O) groups excluding carboxylic acids is 1. The first-order valence-electron chi connectivity index (χ1n) is 6.81. The predicted octanol–water partition coefficient (Wildman–Crippen LogP) is 2.62. The SMILES string of the molecule is CN(C(=O)c1cccc([N+](=O)[O-])c1Cl)C1CCCCC1O. The molecule has 114 valence electrons. The van der Waals surface area contributed by atoms with E-state index in [-0.39, 0.29) is 22.3 Å². The molecule has 1 N–H and O–H groups in total. The van der Waals surface area contributed by atoms with E-state index in [0.29, 0.717) is 6.42 Å². The van der Waals surface area contributed by atoms with E-state index in [1.54, 1.807) is 7.05 Å². The molecule has 2 rings (SSSR count). The number of aliphatic hydroxyl groups is 1. The molecule has 0 aromatic heterocycles. The summed E-state index contributed by atoms with van der Waals surface area (Å²) in [5, 5.41) is 20.7. The van der Waals surface area contributed by atoms with Crippen molar-refractivity contribution in [2.24, 2.45) is 0 Å². The molecule has 0 bridgehead atoms. The van der Waals surface area contributed by atoms with Crippen molar-refractivity contribution in [3.05, 3.63) is 38.9 Å². The number of amides is 1. The van der Waals surface area contributed by atoms with Gasteiger partial charge in [-0.1, -0.05) is 30.5 Å². The molecule has 1 aromatic carbocycles. The zero-order chi connectivity index (χ0) is 15.6. The van der Waals surface area contributed by atoms with Crippen molar-refractivity contribution in [3.63, 3.8) is 0 Å². The van der Waals surface area contributed by atoms with Crippen molar-refractivity contribution in [2.45, 2.75) is 37.8 Å². The molecule has 1 fully saturated rings. The summed E-state index contributed by atoms with van der Waals surface area (Å²) in [4.78, 5) is 24.2. The average molecular weight is 313 g/mol. The fourth-order valence-electron chi connectivity index (χ4n) is 2.71. The molecular formula is C14H17ClN2O4. The van der Waals surface area contributed by atoms with Crippen LogP contribution in [0.15, 0.2) is 18.2 Å². The van der Waals surface area contributed by atoms with Crippen LogP contribution in [-0.4, -0.2) is 40.0 Å². The molecule has 0 saturated heterocycles. The van der Waals surface area contributed by atoms with E-state index < -0.39 is 16.9 Å². The lowest BCUT2D eigenvalue weighted by molar-refractivity contribution is -0.384. The third kappa shape index (κ3) is 3.16. The summed E-state index contributed by atoms with van der Waals surface area (Å²) in [7, 11) is 1.59. The molecular weight excluding hydrogens is 296 g/mol. The van der Waals surface area contributed by atoms with E-state index in [1.165, 1.54) is 23.1 Å². The van der Waals surface area contributed by atoms with Crippen LogP contribution < -0.4 is 0 Å². The fraction of sp³-hybridized carbons (Fsp3) is 0.500. The van der Waals surface area contributed by atoms with Crippen LogP contribution in [0.4, 0.5) is 5.69 Å². The van der Waals surface area contributed by atoms with Crippen LogP contribution in [0, 0.1) is 10.1 Å². The molecule has 6 nitrogen and oxygen atoms in total. The third-order valence-corrected chi connectivity index (χ3v) is 4.31. The molecule has 21 heavy (non-hydrogen) atoms. The van der Waals surface area contributed by atoms with E-state index in [2.05, 4.69) is 0 Å². The van der Waals surface area contributed by atoms with Gasteiger partial charge in [0, 0.05) is 13.1 Å². The number of rotatable bonds is 3. The minimum absolute atomic E-state index is 0.0890. The van der Waals surface area contributed by atoms with Crippen LogP contribution in [0.3, 0.4) is 0 Å². The van der Waals surface area contributed by atoms with E-state index in [0.717, 1.165) is 19.3 Å². The highest BCUT2D eigenvalue weighted by Crippen LogP contribution is 2.30. The van der Waals surface area contributed by atoms with Gasteiger partial charge in [0.05, 0.1) is 22.6 Å². The van der Waals surface area contributed by atoms with Crippen LogP contribution in [-0.2, 0) is 0 Å². The summed E-state index contributed by atoms with van der Waals surface area (Å²) in [6, 6.07) is 3.88. The largest absolute Gasteiger partial charge is 0.391 e. The Hall–Kier alpha value is -1.66. The average Bonchev–Trinajstić information content (AvgIpc) is 2.46. The maximum absolute atomic E-state index is 12.5.